The van der Waals surface area contributed by atoms with Gasteiger partial charge in [0.05, 0.1) is 0 Å². The molecule has 2 atom stereocenters. The average Bonchev–Trinajstić information content (AvgIpc) is 2.65. The third kappa shape index (κ3) is 2.59. The number of hydrogen-bond donors (Lipinski definition) is 1. The van der Waals surface area contributed by atoms with Gasteiger partial charge in [0.1, 0.15) is 5.82 Å². The number of piperidine rings is 1. The van der Waals surface area contributed by atoms with E-state index in [9.17, 15) is 0 Å². The molecule has 2 heterocycles. The highest BCUT2D eigenvalue weighted by Crippen LogP contribution is 2.20. The molecule has 84 valence electrons. The van der Waals surface area contributed by atoms with Crippen molar-refractivity contribution in [1.29, 1.82) is 0 Å². The summed E-state index contributed by atoms with van der Waals surface area (Å²) in [6.07, 6.45) is 7.73. The fourth-order valence-electron chi connectivity index (χ4n) is 2.50. The molecule has 1 aliphatic rings. The first kappa shape index (κ1) is 10.7. The lowest BCUT2D eigenvalue weighted by Crippen LogP contribution is -2.36. The van der Waals surface area contributed by atoms with Crippen LogP contribution in [-0.2, 0) is 13.0 Å². The molecule has 0 amide bonds. The van der Waals surface area contributed by atoms with Gasteiger partial charge < -0.3 is 9.88 Å². The standard InChI is InChI=1S/C12H21N3/c1-3-15-7-6-14-12(15)9-11-4-5-13-10(2)8-11/h6-7,10-11,13H,3-5,8-9H2,1-2H3. The van der Waals surface area contributed by atoms with Crippen molar-refractivity contribution in [1.82, 2.24) is 14.9 Å². The molecule has 0 saturated carbocycles. The molecule has 1 aromatic heterocycles. The topological polar surface area (TPSA) is 29.9 Å². The third-order valence-electron chi connectivity index (χ3n) is 3.35. The molecule has 1 fully saturated rings. The summed E-state index contributed by atoms with van der Waals surface area (Å²) >= 11 is 0. The van der Waals surface area contributed by atoms with Crippen LogP contribution in [0.15, 0.2) is 12.4 Å². The van der Waals surface area contributed by atoms with Crippen molar-refractivity contribution < 1.29 is 0 Å². The summed E-state index contributed by atoms with van der Waals surface area (Å²) in [5, 5.41) is 3.49. The first-order chi connectivity index (χ1) is 7.29. The Balaban J connectivity index is 1.96. The van der Waals surface area contributed by atoms with Crippen LogP contribution in [0.2, 0.25) is 0 Å². The lowest BCUT2D eigenvalue weighted by atomic mass is 9.90. The summed E-state index contributed by atoms with van der Waals surface area (Å²) in [6, 6.07) is 0.675. The van der Waals surface area contributed by atoms with Gasteiger partial charge in [-0.1, -0.05) is 0 Å². The number of imidazole rings is 1. The van der Waals surface area contributed by atoms with E-state index in [-0.39, 0.29) is 0 Å². The Morgan fingerprint density at radius 3 is 3.20 bits per heavy atom. The molecular weight excluding hydrogens is 186 g/mol. The van der Waals surface area contributed by atoms with Crippen LogP contribution in [0.5, 0.6) is 0 Å². The lowest BCUT2D eigenvalue weighted by molar-refractivity contribution is 0.308. The largest absolute Gasteiger partial charge is 0.335 e. The number of rotatable bonds is 3. The molecule has 2 rings (SSSR count). The van der Waals surface area contributed by atoms with E-state index in [0.29, 0.717) is 6.04 Å². The molecular formula is C12H21N3. The Hall–Kier alpha value is -0.830. The Morgan fingerprint density at radius 2 is 2.47 bits per heavy atom. The minimum absolute atomic E-state index is 0.675. The smallest absolute Gasteiger partial charge is 0.108 e. The molecule has 0 radical (unpaired) electrons. The van der Waals surface area contributed by atoms with E-state index in [1.807, 2.05) is 6.20 Å². The molecule has 1 saturated heterocycles. The molecule has 1 N–H and O–H groups in total. The molecule has 2 unspecified atom stereocenters. The highest BCUT2D eigenvalue weighted by Gasteiger charge is 2.19. The molecule has 0 bridgehead atoms. The lowest BCUT2D eigenvalue weighted by Gasteiger charge is -2.27. The zero-order valence-electron chi connectivity index (χ0n) is 9.74. The van der Waals surface area contributed by atoms with Crippen molar-refractivity contribution in [2.75, 3.05) is 6.54 Å². The quantitative estimate of drug-likeness (QED) is 0.819. The second kappa shape index (κ2) is 4.79. The van der Waals surface area contributed by atoms with Crippen LogP contribution in [0, 0.1) is 5.92 Å². The highest BCUT2D eigenvalue weighted by atomic mass is 15.1. The van der Waals surface area contributed by atoms with Gasteiger partial charge >= 0.3 is 0 Å². The Morgan fingerprint density at radius 1 is 1.60 bits per heavy atom. The molecule has 1 aromatic rings. The number of aromatic nitrogens is 2. The van der Waals surface area contributed by atoms with Crippen molar-refractivity contribution in [3.8, 4) is 0 Å². The van der Waals surface area contributed by atoms with Crippen LogP contribution in [0.1, 0.15) is 32.5 Å². The summed E-state index contributed by atoms with van der Waals surface area (Å²) in [5.41, 5.74) is 0. The van der Waals surface area contributed by atoms with E-state index in [1.54, 1.807) is 0 Å². The summed E-state index contributed by atoms with van der Waals surface area (Å²) in [5.74, 6) is 2.07. The van der Waals surface area contributed by atoms with Crippen LogP contribution in [0.25, 0.3) is 0 Å². The highest BCUT2D eigenvalue weighted by molar-refractivity contribution is 4.95. The molecule has 3 heteroatoms. The minimum Gasteiger partial charge on any atom is -0.335 e. The third-order valence-corrected chi connectivity index (χ3v) is 3.35. The monoisotopic (exact) mass is 207 g/mol. The van der Waals surface area contributed by atoms with Gasteiger partial charge in [-0.2, -0.15) is 0 Å². The molecule has 0 aromatic carbocycles. The number of hydrogen-bond acceptors (Lipinski definition) is 2. The van der Waals surface area contributed by atoms with Gasteiger partial charge in [0, 0.05) is 31.4 Å². The SMILES string of the molecule is CCn1ccnc1CC1CCNC(C)C1. The summed E-state index contributed by atoms with van der Waals surface area (Å²) < 4.78 is 2.26. The normalized spacial score (nSPS) is 26.8. The first-order valence-corrected chi connectivity index (χ1v) is 6.03. The van der Waals surface area contributed by atoms with Crippen LogP contribution in [0.4, 0.5) is 0 Å². The van der Waals surface area contributed by atoms with E-state index < -0.39 is 0 Å². The van der Waals surface area contributed by atoms with Gasteiger partial charge in [-0.05, 0) is 39.2 Å². The second-order valence-corrected chi connectivity index (χ2v) is 4.58. The van der Waals surface area contributed by atoms with E-state index in [2.05, 4.69) is 34.9 Å². The van der Waals surface area contributed by atoms with Gasteiger partial charge in [0.2, 0.25) is 0 Å². The van der Waals surface area contributed by atoms with Crippen molar-refractivity contribution in [3.63, 3.8) is 0 Å². The van der Waals surface area contributed by atoms with E-state index in [4.69, 9.17) is 0 Å². The maximum atomic E-state index is 4.45. The van der Waals surface area contributed by atoms with Crippen molar-refractivity contribution in [2.24, 2.45) is 5.92 Å². The van der Waals surface area contributed by atoms with Crippen LogP contribution in [-0.4, -0.2) is 22.1 Å². The fourth-order valence-corrected chi connectivity index (χ4v) is 2.50. The predicted molar refractivity (Wildman–Crippen MR) is 61.8 cm³/mol. The number of nitrogens with zero attached hydrogens (tertiary/aromatic N) is 2. The van der Waals surface area contributed by atoms with Gasteiger partial charge in [0.25, 0.3) is 0 Å². The Labute approximate surface area is 91.9 Å². The van der Waals surface area contributed by atoms with Gasteiger partial charge in [-0.3, -0.25) is 0 Å². The van der Waals surface area contributed by atoms with Crippen LogP contribution >= 0.6 is 0 Å². The molecule has 1 aliphatic heterocycles. The van der Waals surface area contributed by atoms with Gasteiger partial charge in [-0.25, -0.2) is 4.98 Å². The van der Waals surface area contributed by atoms with Crippen LogP contribution in [0.3, 0.4) is 0 Å². The first-order valence-electron chi connectivity index (χ1n) is 6.03. The summed E-state index contributed by atoms with van der Waals surface area (Å²) in [6.45, 7) is 6.66. The van der Waals surface area contributed by atoms with E-state index in [1.165, 1.54) is 25.2 Å². The Bertz CT molecular complexity index is 306. The van der Waals surface area contributed by atoms with Gasteiger partial charge in [-0.15, -0.1) is 0 Å². The average molecular weight is 207 g/mol. The summed E-state index contributed by atoms with van der Waals surface area (Å²) in [4.78, 5) is 4.45. The number of aryl methyl sites for hydroxylation is 1. The molecule has 0 spiro atoms. The fraction of sp³-hybridized carbons (Fsp3) is 0.750. The van der Waals surface area contributed by atoms with Crippen molar-refractivity contribution in [2.45, 2.75) is 45.7 Å². The van der Waals surface area contributed by atoms with Crippen molar-refractivity contribution in [3.05, 3.63) is 18.2 Å². The Kier molecular flexibility index (Phi) is 3.41. The van der Waals surface area contributed by atoms with Crippen LogP contribution < -0.4 is 5.32 Å². The zero-order chi connectivity index (χ0) is 10.7. The predicted octanol–water partition coefficient (Wildman–Crippen LogP) is 1.83. The molecule has 0 aliphatic carbocycles. The van der Waals surface area contributed by atoms with E-state index in [0.717, 1.165) is 18.9 Å². The molecule has 15 heavy (non-hydrogen) atoms. The number of nitrogens with one attached hydrogen (secondary N) is 1. The maximum absolute atomic E-state index is 4.45. The second-order valence-electron chi connectivity index (χ2n) is 4.58. The molecule has 3 nitrogen and oxygen atoms in total. The van der Waals surface area contributed by atoms with Gasteiger partial charge in [0.15, 0.2) is 0 Å². The minimum atomic E-state index is 0.675. The van der Waals surface area contributed by atoms with Crippen molar-refractivity contribution >= 4 is 0 Å². The zero-order valence-corrected chi connectivity index (χ0v) is 9.74. The maximum Gasteiger partial charge on any atom is 0.108 e. The van der Waals surface area contributed by atoms with E-state index >= 15 is 0 Å². The summed E-state index contributed by atoms with van der Waals surface area (Å²) in [7, 11) is 0.